The van der Waals surface area contributed by atoms with Crippen molar-refractivity contribution in [1.29, 1.82) is 0 Å². The Morgan fingerprint density at radius 1 is 0.378 bits per heavy atom. The smallest absolute Gasteiger partial charge is 0.121 e. The fourth-order valence-electron chi connectivity index (χ4n) is 3.82. The van der Waals surface area contributed by atoms with E-state index in [4.69, 9.17) is 14.2 Å². The molecule has 0 aliphatic rings. The molecule has 0 saturated carbocycles. The van der Waals surface area contributed by atoms with Crippen molar-refractivity contribution in [2.24, 2.45) is 0 Å². The van der Waals surface area contributed by atoms with Gasteiger partial charge in [-0.15, -0.1) is 0 Å². The van der Waals surface area contributed by atoms with Crippen molar-refractivity contribution < 1.29 is 14.2 Å². The highest BCUT2D eigenvalue weighted by Crippen LogP contribution is 2.25. The van der Waals surface area contributed by atoms with Crippen LogP contribution in [0.5, 0.6) is 17.2 Å². The second-order valence-corrected chi connectivity index (χ2v) is 8.66. The van der Waals surface area contributed by atoms with Crippen LogP contribution in [0.2, 0.25) is 0 Å². The van der Waals surface area contributed by atoms with E-state index in [1.54, 1.807) is 0 Å². The number of rotatable bonds is 11. The molecule has 4 heteroatoms. The van der Waals surface area contributed by atoms with Crippen LogP contribution in [0.3, 0.4) is 0 Å². The van der Waals surface area contributed by atoms with Gasteiger partial charge in [0.25, 0.3) is 0 Å². The summed E-state index contributed by atoms with van der Waals surface area (Å²) in [5, 5.41) is 3.44. The van der Waals surface area contributed by atoms with Crippen LogP contribution in [0, 0.1) is 0 Å². The van der Waals surface area contributed by atoms with Gasteiger partial charge >= 0.3 is 0 Å². The van der Waals surface area contributed by atoms with E-state index in [1.165, 1.54) is 0 Å². The molecule has 0 amide bonds. The van der Waals surface area contributed by atoms with Gasteiger partial charge in [-0.05, 0) is 53.1 Å². The molecule has 37 heavy (non-hydrogen) atoms. The summed E-state index contributed by atoms with van der Waals surface area (Å²) in [6, 6.07) is 44.2. The van der Waals surface area contributed by atoms with Gasteiger partial charge in [0, 0.05) is 23.5 Å². The summed E-state index contributed by atoms with van der Waals surface area (Å²) in [6.45, 7) is 1.57. The SMILES string of the molecule is c1ccc(COc2ccc(COc3cccc(Nc4cccc(OCc5ccccc5)c4)c3)cc2)cc1. The van der Waals surface area contributed by atoms with Crippen LogP contribution in [0.1, 0.15) is 16.7 Å². The lowest BCUT2D eigenvalue weighted by Crippen LogP contribution is -1.98. The number of ether oxygens (including phenoxy) is 3. The molecule has 5 aromatic rings. The van der Waals surface area contributed by atoms with Gasteiger partial charge in [-0.1, -0.05) is 84.9 Å². The van der Waals surface area contributed by atoms with Crippen LogP contribution in [-0.4, -0.2) is 0 Å². The van der Waals surface area contributed by atoms with Crippen molar-refractivity contribution in [3.8, 4) is 17.2 Å². The molecular weight excluding hydrogens is 458 g/mol. The van der Waals surface area contributed by atoms with Gasteiger partial charge in [0.05, 0.1) is 0 Å². The molecule has 0 aromatic heterocycles. The van der Waals surface area contributed by atoms with Crippen molar-refractivity contribution in [2.75, 3.05) is 5.32 Å². The van der Waals surface area contributed by atoms with Crippen molar-refractivity contribution in [1.82, 2.24) is 0 Å². The van der Waals surface area contributed by atoms with E-state index in [-0.39, 0.29) is 0 Å². The number of benzene rings is 5. The average Bonchev–Trinajstić information content (AvgIpc) is 2.96. The molecule has 5 aromatic carbocycles. The Morgan fingerprint density at radius 2 is 0.811 bits per heavy atom. The minimum Gasteiger partial charge on any atom is -0.489 e. The summed E-state index contributed by atoms with van der Waals surface area (Å²) in [5.41, 5.74) is 5.26. The number of anilines is 2. The van der Waals surface area contributed by atoms with Gasteiger partial charge < -0.3 is 19.5 Å². The second kappa shape index (κ2) is 12.3. The van der Waals surface area contributed by atoms with Gasteiger partial charge in [0.2, 0.25) is 0 Å². The third-order valence-corrected chi connectivity index (χ3v) is 5.78. The molecule has 0 spiro atoms. The normalized spacial score (nSPS) is 10.5. The minimum absolute atomic E-state index is 0.477. The van der Waals surface area contributed by atoms with E-state index in [9.17, 15) is 0 Å². The lowest BCUT2D eigenvalue weighted by atomic mass is 10.2. The van der Waals surface area contributed by atoms with Crippen LogP contribution in [0.4, 0.5) is 11.4 Å². The predicted octanol–water partition coefficient (Wildman–Crippen LogP) is 8.17. The fraction of sp³-hybridized carbons (Fsp3) is 0.0909. The monoisotopic (exact) mass is 487 g/mol. The zero-order valence-corrected chi connectivity index (χ0v) is 20.5. The standard InChI is InChI=1S/C33H29NO3/c1-3-9-26(10-4-1)23-35-31-19-17-28(18-20-31)25-37-33-16-8-14-30(22-33)34-29-13-7-15-32(21-29)36-24-27-11-5-2-6-12-27/h1-22,34H,23-25H2. The number of hydrogen-bond donors (Lipinski definition) is 1. The Bertz CT molecular complexity index is 1390. The third-order valence-electron chi connectivity index (χ3n) is 5.78. The molecular formula is C33H29NO3. The maximum Gasteiger partial charge on any atom is 0.121 e. The topological polar surface area (TPSA) is 39.7 Å². The first-order valence-electron chi connectivity index (χ1n) is 12.3. The summed E-state index contributed by atoms with van der Waals surface area (Å²) in [5.74, 6) is 2.46. The molecule has 0 atom stereocenters. The van der Waals surface area contributed by atoms with Crippen LogP contribution in [-0.2, 0) is 19.8 Å². The fourth-order valence-corrected chi connectivity index (χ4v) is 3.82. The van der Waals surface area contributed by atoms with E-state index in [0.29, 0.717) is 19.8 Å². The molecule has 0 fully saturated rings. The second-order valence-electron chi connectivity index (χ2n) is 8.66. The van der Waals surface area contributed by atoms with E-state index in [2.05, 4.69) is 29.6 Å². The van der Waals surface area contributed by atoms with Gasteiger partial charge in [-0.2, -0.15) is 0 Å². The Kier molecular flexibility index (Phi) is 7.99. The van der Waals surface area contributed by atoms with E-state index in [1.807, 2.05) is 109 Å². The Labute approximate surface area is 218 Å². The molecule has 1 N–H and O–H groups in total. The van der Waals surface area contributed by atoms with E-state index < -0.39 is 0 Å². The summed E-state index contributed by atoms with van der Waals surface area (Å²) < 4.78 is 17.9. The van der Waals surface area contributed by atoms with Crippen LogP contribution < -0.4 is 19.5 Å². The van der Waals surface area contributed by atoms with Crippen molar-refractivity contribution in [3.63, 3.8) is 0 Å². The summed E-state index contributed by atoms with van der Waals surface area (Å²) in [6.07, 6.45) is 0. The number of nitrogens with one attached hydrogen (secondary N) is 1. The van der Waals surface area contributed by atoms with E-state index in [0.717, 1.165) is 45.3 Å². The molecule has 0 aliphatic heterocycles. The average molecular weight is 488 g/mol. The molecule has 5 rings (SSSR count). The molecule has 0 radical (unpaired) electrons. The first-order chi connectivity index (χ1) is 18.3. The lowest BCUT2D eigenvalue weighted by molar-refractivity contribution is 0.301. The highest BCUT2D eigenvalue weighted by molar-refractivity contribution is 5.62. The van der Waals surface area contributed by atoms with Crippen molar-refractivity contribution in [3.05, 3.63) is 150 Å². The third kappa shape index (κ3) is 7.39. The summed E-state index contributed by atoms with van der Waals surface area (Å²) >= 11 is 0. The lowest BCUT2D eigenvalue weighted by Gasteiger charge is -2.12. The minimum atomic E-state index is 0.477. The van der Waals surface area contributed by atoms with Crippen LogP contribution in [0.15, 0.2) is 133 Å². The van der Waals surface area contributed by atoms with Crippen molar-refractivity contribution in [2.45, 2.75) is 19.8 Å². The highest BCUT2D eigenvalue weighted by Gasteiger charge is 2.03. The van der Waals surface area contributed by atoms with Gasteiger partial charge in [-0.25, -0.2) is 0 Å². The number of hydrogen-bond acceptors (Lipinski definition) is 4. The zero-order valence-electron chi connectivity index (χ0n) is 20.5. The summed E-state index contributed by atoms with van der Waals surface area (Å²) in [7, 11) is 0. The van der Waals surface area contributed by atoms with Crippen LogP contribution >= 0.6 is 0 Å². The van der Waals surface area contributed by atoms with Gasteiger partial charge in [0.1, 0.15) is 37.1 Å². The maximum atomic E-state index is 6.05. The first-order valence-corrected chi connectivity index (χ1v) is 12.3. The summed E-state index contributed by atoms with van der Waals surface area (Å²) in [4.78, 5) is 0. The molecule has 184 valence electrons. The Hall–Kier alpha value is -4.70. The maximum absolute atomic E-state index is 6.05. The van der Waals surface area contributed by atoms with E-state index >= 15 is 0 Å². The molecule has 0 heterocycles. The molecule has 4 nitrogen and oxygen atoms in total. The Balaban J connectivity index is 1.13. The zero-order chi connectivity index (χ0) is 25.1. The predicted molar refractivity (Wildman–Crippen MR) is 148 cm³/mol. The first kappa shape index (κ1) is 24.0. The molecule has 0 aliphatic carbocycles. The molecule has 0 saturated heterocycles. The highest BCUT2D eigenvalue weighted by atomic mass is 16.5. The van der Waals surface area contributed by atoms with Gasteiger partial charge in [-0.3, -0.25) is 0 Å². The molecule has 0 unspecified atom stereocenters. The Morgan fingerprint density at radius 3 is 1.30 bits per heavy atom. The largest absolute Gasteiger partial charge is 0.489 e. The quantitative estimate of drug-likeness (QED) is 0.204. The van der Waals surface area contributed by atoms with Gasteiger partial charge in [0.15, 0.2) is 0 Å². The van der Waals surface area contributed by atoms with Crippen LogP contribution in [0.25, 0.3) is 0 Å². The molecule has 0 bridgehead atoms. The van der Waals surface area contributed by atoms with Crippen molar-refractivity contribution >= 4 is 11.4 Å².